The zero-order valence-corrected chi connectivity index (χ0v) is 15.0. The molecule has 2 aromatic carbocycles. The molecule has 0 aliphatic carbocycles. The first-order valence-corrected chi connectivity index (χ1v) is 8.13. The Morgan fingerprint density at radius 3 is 2.60 bits per heavy atom. The monoisotopic (exact) mass is 341 g/mol. The lowest BCUT2D eigenvalue weighted by molar-refractivity contribution is -0.135. The van der Waals surface area contributed by atoms with Crippen molar-refractivity contribution in [3.63, 3.8) is 0 Å². The summed E-state index contributed by atoms with van der Waals surface area (Å²) in [5, 5.41) is 3.85. The molecule has 0 radical (unpaired) electrons. The molecule has 0 fully saturated rings. The van der Waals surface area contributed by atoms with Gasteiger partial charge < -0.3 is 14.3 Å². The van der Waals surface area contributed by atoms with E-state index in [1.165, 1.54) is 7.11 Å². The van der Waals surface area contributed by atoms with E-state index in [1.807, 2.05) is 50.2 Å². The third kappa shape index (κ3) is 4.83. The molecule has 0 saturated carbocycles. The number of oxime groups is 1. The van der Waals surface area contributed by atoms with Crippen LogP contribution in [0.4, 0.5) is 0 Å². The number of carbonyl (C=O) groups excluding carboxylic acids is 1. The van der Waals surface area contributed by atoms with Gasteiger partial charge >= 0.3 is 5.97 Å². The van der Waals surface area contributed by atoms with Gasteiger partial charge in [0.1, 0.15) is 19.5 Å². The van der Waals surface area contributed by atoms with Crippen LogP contribution in [0.15, 0.2) is 47.6 Å². The number of aryl methyl sites for hydroxylation is 2. The molecule has 132 valence electrons. The van der Waals surface area contributed by atoms with Gasteiger partial charge in [-0.2, -0.15) is 0 Å². The lowest BCUT2D eigenvalue weighted by Crippen LogP contribution is -2.21. The van der Waals surface area contributed by atoms with Gasteiger partial charge in [0.2, 0.25) is 0 Å². The highest BCUT2D eigenvalue weighted by Gasteiger charge is 2.20. The van der Waals surface area contributed by atoms with Crippen LogP contribution in [0.3, 0.4) is 0 Å². The normalized spacial score (nSPS) is 11.1. The predicted octanol–water partition coefficient (Wildman–Crippen LogP) is 3.80. The molecule has 5 nitrogen and oxygen atoms in total. The molecule has 0 N–H and O–H groups in total. The van der Waals surface area contributed by atoms with Gasteiger partial charge in [-0.1, -0.05) is 41.6 Å². The number of carbonyl (C=O) groups is 1. The summed E-state index contributed by atoms with van der Waals surface area (Å²) in [7, 11) is 1.40. The Balaban J connectivity index is 2.29. The Labute approximate surface area is 148 Å². The minimum atomic E-state index is -0.525. The Kier molecular flexibility index (Phi) is 6.57. The lowest BCUT2D eigenvalue weighted by atomic mass is 10.0. The van der Waals surface area contributed by atoms with Crippen molar-refractivity contribution in [1.82, 2.24) is 0 Å². The van der Waals surface area contributed by atoms with Crippen LogP contribution in [0.2, 0.25) is 0 Å². The molecule has 0 saturated heterocycles. The minimum absolute atomic E-state index is 0.129. The summed E-state index contributed by atoms with van der Waals surface area (Å²) >= 11 is 0. The van der Waals surface area contributed by atoms with E-state index in [0.717, 1.165) is 22.4 Å². The van der Waals surface area contributed by atoms with Crippen LogP contribution in [0.1, 0.15) is 29.2 Å². The van der Waals surface area contributed by atoms with Crippen LogP contribution < -0.4 is 4.74 Å². The maximum Gasteiger partial charge on any atom is 0.361 e. The second-order valence-electron chi connectivity index (χ2n) is 5.56. The smallest absolute Gasteiger partial charge is 0.361 e. The van der Waals surface area contributed by atoms with Crippen LogP contribution in [0, 0.1) is 13.8 Å². The zero-order valence-electron chi connectivity index (χ0n) is 15.0. The number of nitrogens with zero attached hydrogens (tertiary/aromatic N) is 1. The van der Waals surface area contributed by atoms with Crippen molar-refractivity contribution in [2.45, 2.75) is 27.4 Å². The van der Waals surface area contributed by atoms with Crippen LogP contribution in [0.5, 0.6) is 5.75 Å². The molecule has 0 amide bonds. The summed E-state index contributed by atoms with van der Waals surface area (Å²) in [6.45, 7) is 6.34. The van der Waals surface area contributed by atoms with Crippen molar-refractivity contribution in [3.8, 4) is 5.75 Å². The van der Waals surface area contributed by atoms with E-state index in [0.29, 0.717) is 12.2 Å². The Bertz CT molecular complexity index is 768. The molecule has 0 spiro atoms. The van der Waals surface area contributed by atoms with Gasteiger partial charge in [-0.15, -0.1) is 0 Å². The summed E-state index contributed by atoms with van der Waals surface area (Å²) < 4.78 is 11.0. The summed E-state index contributed by atoms with van der Waals surface area (Å²) in [6, 6.07) is 13.5. The SMILES string of the molecule is CCOC(=O)C(=NOC)c1ccccc1COc1cc(C)ccc1C. The van der Waals surface area contributed by atoms with Gasteiger partial charge in [0.05, 0.1) is 6.61 Å². The fraction of sp³-hybridized carbons (Fsp3) is 0.300. The molecule has 0 heterocycles. The maximum atomic E-state index is 12.2. The second-order valence-corrected chi connectivity index (χ2v) is 5.56. The van der Waals surface area contributed by atoms with Crippen LogP contribution >= 0.6 is 0 Å². The number of hydrogen-bond acceptors (Lipinski definition) is 5. The molecule has 0 bridgehead atoms. The summed E-state index contributed by atoms with van der Waals surface area (Å²) in [4.78, 5) is 17.0. The van der Waals surface area contributed by atoms with Crippen molar-refractivity contribution >= 4 is 11.7 Å². The van der Waals surface area contributed by atoms with Crippen molar-refractivity contribution < 1.29 is 19.1 Å². The van der Waals surface area contributed by atoms with Crippen LogP contribution in [-0.4, -0.2) is 25.4 Å². The molecule has 0 aromatic heterocycles. The van der Waals surface area contributed by atoms with E-state index < -0.39 is 5.97 Å². The maximum absolute atomic E-state index is 12.2. The molecular weight excluding hydrogens is 318 g/mol. The molecule has 2 rings (SSSR count). The molecule has 0 unspecified atom stereocenters. The highest BCUT2D eigenvalue weighted by Crippen LogP contribution is 2.21. The fourth-order valence-corrected chi connectivity index (χ4v) is 2.38. The average molecular weight is 341 g/mol. The highest BCUT2D eigenvalue weighted by atomic mass is 16.6. The van der Waals surface area contributed by atoms with Gasteiger partial charge in [0.25, 0.3) is 0 Å². The highest BCUT2D eigenvalue weighted by molar-refractivity contribution is 6.43. The number of esters is 1. The topological polar surface area (TPSA) is 57.1 Å². The standard InChI is InChI=1S/C20H23NO4/c1-5-24-20(22)19(21-23-4)17-9-7-6-8-16(17)13-25-18-12-14(2)10-11-15(18)3/h6-12H,5,13H2,1-4H3. The summed E-state index contributed by atoms with van der Waals surface area (Å²) in [5.74, 6) is 0.291. The third-order valence-electron chi connectivity index (χ3n) is 3.65. The van der Waals surface area contributed by atoms with Gasteiger partial charge in [-0.05, 0) is 43.5 Å². The minimum Gasteiger partial charge on any atom is -0.489 e. The quantitative estimate of drug-likeness (QED) is 0.437. The molecule has 0 aliphatic heterocycles. The lowest BCUT2D eigenvalue weighted by Gasteiger charge is -2.13. The van der Waals surface area contributed by atoms with E-state index >= 15 is 0 Å². The third-order valence-corrected chi connectivity index (χ3v) is 3.65. The first-order chi connectivity index (χ1) is 12.1. The number of ether oxygens (including phenoxy) is 2. The summed E-state index contributed by atoms with van der Waals surface area (Å²) in [5.41, 5.74) is 3.77. The first-order valence-electron chi connectivity index (χ1n) is 8.13. The largest absolute Gasteiger partial charge is 0.489 e. The molecule has 25 heavy (non-hydrogen) atoms. The average Bonchev–Trinajstić information content (AvgIpc) is 2.61. The van der Waals surface area contributed by atoms with Crippen molar-refractivity contribution in [2.24, 2.45) is 5.16 Å². The molecular formula is C20H23NO4. The molecule has 5 heteroatoms. The number of benzene rings is 2. The molecule has 2 aromatic rings. The zero-order chi connectivity index (χ0) is 18.2. The second kappa shape index (κ2) is 8.87. The van der Waals surface area contributed by atoms with Gasteiger partial charge in [0.15, 0.2) is 5.71 Å². The van der Waals surface area contributed by atoms with Crippen LogP contribution in [-0.2, 0) is 21.0 Å². The Morgan fingerprint density at radius 2 is 1.88 bits per heavy atom. The van der Waals surface area contributed by atoms with Crippen molar-refractivity contribution in [1.29, 1.82) is 0 Å². The van der Waals surface area contributed by atoms with E-state index in [4.69, 9.17) is 14.3 Å². The van der Waals surface area contributed by atoms with Crippen LogP contribution in [0.25, 0.3) is 0 Å². The number of rotatable bonds is 7. The van der Waals surface area contributed by atoms with Crippen molar-refractivity contribution in [2.75, 3.05) is 13.7 Å². The molecule has 0 atom stereocenters. The van der Waals surface area contributed by atoms with E-state index in [2.05, 4.69) is 5.16 Å². The molecule has 0 aliphatic rings. The Morgan fingerprint density at radius 1 is 1.12 bits per heavy atom. The van der Waals surface area contributed by atoms with Gasteiger partial charge in [-0.25, -0.2) is 4.79 Å². The van der Waals surface area contributed by atoms with Crippen molar-refractivity contribution in [3.05, 3.63) is 64.7 Å². The Hall–Kier alpha value is -2.82. The van der Waals surface area contributed by atoms with Gasteiger partial charge in [0, 0.05) is 5.56 Å². The van der Waals surface area contributed by atoms with E-state index in [-0.39, 0.29) is 12.3 Å². The van der Waals surface area contributed by atoms with E-state index in [1.54, 1.807) is 13.0 Å². The fourth-order valence-electron chi connectivity index (χ4n) is 2.38. The summed E-state index contributed by atoms with van der Waals surface area (Å²) in [6.07, 6.45) is 0. The van der Waals surface area contributed by atoms with Gasteiger partial charge in [-0.3, -0.25) is 0 Å². The predicted molar refractivity (Wildman–Crippen MR) is 96.9 cm³/mol. The van der Waals surface area contributed by atoms with E-state index in [9.17, 15) is 4.79 Å². The first kappa shape index (κ1) is 18.5. The number of hydrogen-bond donors (Lipinski definition) is 0.